The number of hydrogen-bond acceptors (Lipinski definition) is 0. The first-order chi connectivity index (χ1) is 11.6. The van der Waals surface area contributed by atoms with Gasteiger partial charge in [-0.3, -0.25) is 0 Å². The van der Waals surface area contributed by atoms with E-state index in [1.54, 1.807) is 0 Å². The molecule has 0 radical (unpaired) electrons. The zero-order valence-electron chi connectivity index (χ0n) is 14.0. The van der Waals surface area contributed by atoms with Crippen molar-refractivity contribution in [2.24, 2.45) is 0 Å². The van der Waals surface area contributed by atoms with Crippen LogP contribution >= 0.6 is 27.5 Å². The van der Waals surface area contributed by atoms with Gasteiger partial charge in [-0.15, -0.1) is 0 Å². The molecule has 0 spiro atoms. The van der Waals surface area contributed by atoms with Gasteiger partial charge in [-0.25, -0.2) is 0 Å². The van der Waals surface area contributed by atoms with Crippen LogP contribution in [0.25, 0.3) is 11.1 Å². The van der Waals surface area contributed by atoms with Gasteiger partial charge in [0.05, 0.1) is 0 Å². The molecular weight excluding hydrogens is 380 g/mol. The van der Waals surface area contributed by atoms with E-state index in [2.05, 4.69) is 59.8 Å². The van der Waals surface area contributed by atoms with Crippen molar-refractivity contribution in [1.82, 2.24) is 0 Å². The summed E-state index contributed by atoms with van der Waals surface area (Å²) in [6, 6.07) is 12.7. The Labute approximate surface area is 158 Å². The molecule has 0 atom stereocenters. The number of halogens is 2. The molecule has 1 aliphatic rings. The van der Waals surface area contributed by atoms with Crippen LogP contribution in [0.4, 0.5) is 0 Å². The Hall–Kier alpha value is -1.31. The van der Waals surface area contributed by atoms with E-state index in [4.69, 9.17) is 11.6 Å². The van der Waals surface area contributed by atoms with Crippen molar-refractivity contribution in [3.8, 4) is 0 Å². The van der Waals surface area contributed by atoms with E-state index in [1.165, 1.54) is 47.1 Å². The SMILES string of the molecule is C=C1C=C(c2ccc(Br)cc2CCCCC)Cc2c(Cl)cccc21. The summed E-state index contributed by atoms with van der Waals surface area (Å²) >= 11 is 10.1. The Morgan fingerprint density at radius 3 is 2.75 bits per heavy atom. The van der Waals surface area contributed by atoms with Crippen molar-refractivity contribution in [3.63, 3.8) is 0 Å². The van der Waals surface area contributed by atoms with E-state index in [-0.39, 0.29) is 0 Å². The lowest BCUT2D eigenvalue weighted by molar-refractivity contribution is 0.716. The topological polar surface area (TPSA) is 0 Å². The Balaban J connectivity index is 1.98. The summed E-state index contributed by atoms with van der Waals surface area (Å²) in [5.41, 5.74) is 7.49. The van der Waals surface area contributed by atoms with Crippen LogP contribution in [0.5, 0.6) is 0 Å². The van der Waals surface area contributed by atoms with Crippen molar-refractivity contribution in [3.05, 3.63) is 80.8 Å². The second-order valence-corrected chi connectivity index (χ2v) is 7.72. The van der Waals surface area contributed by atoms with Gasteiger partial charge >= 0.3 is 0 Å². The van der Waals surface area contributed by atoms with E-state index in [9.17, 15) is 0 Å². The molecule has 2 aromatic rings. The van der Waals surface area contributed by atoms with Crippen LogP contribution in [0, 0.1) is 0 Å². The van der Waals surface area contributed by atoms with Gasteiger partial charge in [0.15, 0.2) is 0 Å². The third-order valence-corrected chi connectivity index (χ3v) is 5.49. The maximum Gasteiger partial charge on any atom is 0.0447 e. The number of allylic oxidation sites excluding steroid dienone is 3. The van der Waals surface area contributed by atoms with Gasteiger partial charge in [0.1, 0.15) is 0 Å². The number of hydrogen-bond donors (Lipinski definition) is 0. The molecule has 2 heteroatoms. The summed E-state index contributed by atoms with van der Waals surface area (Å²) in [6.07, 6.45) is 7.95. The van der Waals surface area contributed by atoms with Gasteiger partial charge in [0.2, 0.25) is 0 Å². The molecule has 0 saturated heterocycles. The van der Waals surface area contributed by atoms with Crippen molar-refractivity contribution in [1.29, 1.82) is 0 Å². The molecule has 0 nitrogen and oxygen atoms in total. The fourth-order valence-electron chi connectivity index (χ4n) is 3.39. The zero-order valence-corrected chi connectivity index (χ0v) is 16.4. The monoisotopic (exact) mass is 400 g/mol. The van der Waals surface area contributed by atoms with Crippen LogP contribution in [0.15, 0.2) is 53.5 Å². The van der Waals surface area contributed by atoms with E-state index in [0.717, 1.165) is 27.9 Å². The molecule has 0 aliphatic heterocycles. The maximum atomic E-state index is 6.45. The van der Waals surface area contributed by atoms with Gasteiger partial charge in [0, 0.05) is 15.9 Å². The largest absolute Gasteiger partial charge is 0.0911 e. The Morgan fingerprint density at radius 1 is 1.12 bits per heavy atom. The minimum Gasteiger partial charge on any atom is -0.0911 e. The van der Waals surface area contributed by atoms with Crippen molar-refractivity contribution in [2.45, 2.75) is 39.0 Å². The van der Waals surface area contributed by atoms with E-state index in [0.29, 0.717) is 0 Å². The number of benzene rings is 2. The van der Waals surface area contributed by atoms with Crippen LogP contribution in [0.2, 0.25) is 5.02 Å². The first kappa shape index (κ1) is 17.5. The highest BCUT2D eigenvalue weighted by Gasteiger charge is 2.19. The molecule has 0 N–H and O–H groups in total. The second-order valence-electron chi connectivity index (χ2n) is 6.40. The van der Waals surface area contributed by atoms with Crippen LogP contribution in [0.1, 0.15) is 48.4 Å². The Kier molecular flexibility index (Phi) is 5.63. The normalized spacial score (nSPS) is 13.6. The lowest BCUT2D eigenvalue weighted by atomic mass is 9.83. The molecule has 0 bridgehead atoms. The molecule has 2 aromatic carbocycles. The fraction of sp³-hybridized carbons (Fsp3) is 0.273. The quantitative estimate of drug-likeness (QED) is 0.455. The first-order valence-electron chi connectivity index (χ1n) is 8.56. The van der Waals surface area contributed by atoms with Crippen molar-refractivity contribution in [2.75, 3.05) is 0 Å². The predicted molar refractivity (Wildman–Crippen MR) is 110 cm³/mol. The zero-order chi connectivity index (χ0) is 17.1. The average Bonchev–Trinajstić information content (AvgIpc) is 2.56. The molecule has 0 unspecified atom stereocenters. The van der Waals surface area contributed by atoms with Crippen LogP contribution in [-0.4, -0.2) is 0 Å². The lowest BCUT2D eigenvalue weighted by Gasteiger charge is -2.22. The number of aryl methyl sites for hydroxylation is 1. The van der Waals surface area contributed by atoms with Gasteiger partial charge in [-0.05, 0) is 64.4 Å². The highest BCUT2D eigenvalue weighted by atomic mass is 79.9. The molecule has 24 heavy (non-hydrogen) atoms. The summed E-state index contributed by atoms with van der Waals surface area (Å²) in [4.78, 5) is 0. The third kappa shape index (κ3) is 3.68. The van der Waals surface area contributed by atoms with E-state index < -0.39 is 0 Å². The van der Waals surface area contributed by atoms with Crippen LogP contribution in [0.3, 0.4) is 0 Å². The molecule has 3 rings (SSSR count). The Bertz CT molecular complexity index is 802. The number of rotatable bonds is 5. The molecule has 0 aromatic heterocycles. The summed E-state index contributed by atoms with van der Waals surface area (Å²) in [5.74, 6) is 0. The van der Waals surface area contributed by atoms with Gasteiger partial charge < -0.3 is 0 Å². The molecule has 0 heterocycles. The molecular formula is C22H22BrCl. The first-order valence-corrected chi connectivity index (χ1v) is 9.73. The summed E-state index contributed by atoms with van der Waals surface area (Å²) in [7, 11) is 0. The highest BCUT2D eigenvalue weighted by molar-refractivity contribution is 9.10. The molecule has 0 fully saturated rings. The lowest BCUT2D eigenvalue weighted by Crippen LogP contribution is -2.05. The van der Waals surface area contributed by atoms with Gasteiger partial charge in [-0.1, -0.05) is 78.2 Å². The molecule has 0 saturated carbocycles. The molecule has 0 amide bonds. The Morgan fingerprint density at radius 2 is 1.96 bits per heavy atom. The van der Waals surface area contributed by atoms with Crippen molar-refractivity contribution >= 4 is 38.7 Å². The molecule has 1 aliphatic carbocycles. The average molecular weight is 402 g/mol. The summed E-state index contributed by atoms with van der Waals surface area (Å²) < 4.78 is 1.14. The third-order valence-electron chi connectivity index (χ3n) is 4.64. The summed E-state index contributed by atoms with van der Waals surface area (Å²) in [6.45, 7) is 6.50. The molecule has 124 valence electrons. The number of unbranched alkanes of at least 4 members (excludes halogenated alkanes) is 2. The predicted octanol–water partition coefficient (Wildman–Crippen LogP) is 7.49. The summed E-state index contributed by atoms with van der Waals surface area (Å²) in [5, 5.41) is 0.837. The van der Waals surface area contributed by atoms with Gasteiger partial charge in [0.25, 0.3) is 0 Å². The van der Waals surface area contributed by atoms with Crippen LogP contribution < -0.4 is 0 Å². The standard InChI is InChI=1S/C22H22BrCl/c1-3-4-5-7-16-13-18(23)10-11-20(16)17-12-15(2)19-8-6-9-22(24)21(19)14-17/h6,8-13H,2-5,7,14H2,1H3. The second kappa shape index (κ2) is 7.72. The van der Waals surface area contributed by atoms with Gasteiger partial charge in [-0.2, -0.15) is 0 Å². The minimum absolute atomic E-state index is 0.837. The highest BCUT2D eigenvalue weighted by Crippen LogP contribution is 2.38. The van der Waals surface area contributed by atoms with Crippen LogP contribution in [-0.2, 0) is 12.8 Å². The van der Waals surface area contributed by atoms with E-state index in [1.807, 2.05) is 12.1 Å². The smallest absolute Gasteiger partial charge is 0.0447 e. The fourth-order valence-corrected chi connectivity index (χ4v) is 4.04. The van der Waals surface area contributed by atoms with E-state index >= 15 is 0 Å². The maximum absolute atomic E-state index is 6.45. The number of fused-ring (bicyclic) bond motifs is 1. The van der Waals surface area contributed by atoms with Crippen molar-refractivity contribution < 1.29 is 0 Å². The minimum atomic E-state index is 0.837.